The van der Waals surface area contributed by atoms with Gasteiger partial charge in [-0.1, -0.05) is 17.7 Å². The Balaban J connectivity index is 0.00000122. The molecule has 0 unspecified atom stereocenters. The van der Waals surface area contributed by atoms with Gasteiger partial charge in [0.05, 0.1) is 22.0 Å². The highest BCUT2D eigenvalue weighted by molar-refractivity contribution is 7.91. The van der Waals surface area contributed by atoms with Crippen LogP contribution in [0.15, 0.2) is 33.8 Å². The minimum absolute atomic E-state index is 0.0674. The second-order valence-corrected chi connectivity index (χ2v) is 6.70. The third kappa shape index (κ3) is 6.33. The van der Waals surface area contributed by atoms with E-state index in [2.05, 4.69) is 17.6 Å². The molecule has 0 aliphatic rings. The lowest BCUT2D eigenvalue weighted by atomic mass is 10.2. The summed E-state index contributed by atoms with van der Waals surface area (Å²) in [5, 5.41) is 0.183. The van der Waals surface area contributed by atoms with E-state index in [4.69, 9.17) is 22.1 Å². The fourth-order valence-corrected chi connectivity index (χ4v) is 2.81. The topological polar surface area (TPSA) is 89.6 Å². The minimum Gasteiger partial charge on any atom is -0.390 e. The first-order valence-electron chi connectivity index (χ1n) is 5.72. The standard InChI is InChI=1S/C11H13ClN2O2S2.C2H4O/c1-7(14-6-13)11(17)8-3-4-9(12)10(5-8)18(2,15)16;1-2-3/h3-6,17H,1-2H3,(H2,13,14);2H,1H3/b11-7-;. The number of rotatable bonds is 3. The molecule has 0 saturated carbocycles. The number of hydrogen-bond donors (Lipinski definition) is 2. The number of hydrogen-bond acceptors (Lipinski definition) is 5. The van der Waals surface area contributed by atoms with Gasteiger partial charge in [0, 0.05) is 11.2 Å². The van der Waals surface area contributed by atoms with E-state index in [1.807, 2.05) is 0 Å². The molecule has 21 heavy (non-hydrogen) atoms. The first-order valence-corrected chi connectivity index (χ1v) is 8.44. The van der Waals surface area contributed by atoms with Crippen LogP contribution in [0.1, 0.15) is 19.4 Å². The summed E-state index contributed by atoms with van der Waals surface area (Å²) < 4.78 is 23.1. The molecule has 1 aromatic rings. The van der Waals surface area contributed by atoms with Crippen molar-refractivity contribution >= 4 is 51.6 Å². The second kappa shape index (κ2) is 8.86. The number of benzene rings is 1. The molecule has 0 radical (unpaired) electrons. The molecule has 2 N–H and O–H groups in total. The second-order valence-electron chi connectivity index (χ2n) is 3.87. The van der Waals surface area contributed by atoms with Crippen molar-refractivity contribution in [1.29, 1.82) is 0 Å². The molecular formula is C13H17ClN2O3S2. The highest BCUT2D eigenvalue weighted by atomic mass is 35.5. The number of aldehydes is 1. The molecule has 0 heterocycles. The van der Waals surface area contributed by atoms with Crippen LogP contribution < -0.4 is 5.73 Å². The van der Waals surface area contributed by atoms with E-state index >= 15 is 0 Å². The van der Waals surface area contributed by atoms with Crippen LogP contribution in [0.5, 0.6) is 0 Å². The van der Waals surface area contributed by atoms with E-state index in [0.717, 1.165) is 18.9 Å². The van der Waals surface area contributed by atoms with Crippen molar-refractivity contribution in [3.8, 4) is 0 Å². The van der Waals surface area contributed by atoms with Crippen molar-refractivity contribution in [3.05, 3.63) is 34.5 Å². The van der Waals surface area contributed by atoms with E-state index in [1.54, 1.807) is 13.0 Å². The fourth-order valence-electron chi connectivity index (χ4n) is 1.32. The first-order chi connectivity index (χ1) is 9.68. The lowest BCUT2D eigenvalue weighted by Gasteiger charge is -2.07. The average Bonchev–Trinajstić information content (AvgIpc) is 2.38. The van der Waals surface area contributed by atoms with Gasteiger partial charge in [0.15, 0.2) is 9.84 Å². The Morgan fingerprint density at radius 1 is 1.43 bits per heavy atom. The molecule has 0 saturated heterocycles. The number of nitrogens with two attached hydrogens (primary N) is 1. The lowest BCUT2D eigenvalue weighted by molar-refractivity contribution is -0.106. The summed E-state index contributed by atoms with van der Waals surface area (Å²) in [5.74, 6) is 0. The molecule has 116 valence electrons. The van der Waals surface area contributed by atoms with Gasteiger partial charge >= 0.3 is 0 Å². The number of nitrogens with zero attached hydrogens (tertiary/aromatic N) is 1. The van der Waals surface area contributed by atoms with E-state index in [9.17, 15) is 8.42 Å². The van der Waals surface area contributed by atoms with Crippen LogP contribution in [0.3, 0.4) is 0 Å². The monoisotopic (exact) mass is 348 g/mol. The molecule has 0 fully saturated rings. The van der Waals surface area contributed by atoms with Crippen molar-refractivity contribution in [2.45, 2.75) is 18.7 Å². The Labute approximate surface area is 135 Å². The Hall–Kier alpha value is -1.31. The van der Waals surface area contributed by atoms with Crippen molar-refractivity contribution in [1.82, 2.24) is 0 Å². The van der Waals surface area contributed by atoms with Gasteiger partial charge in [-0.15, -0.1) is 12.6 Å². The van der Waals surface area contributed by atoms with E-state index < -0.39 is 9.84 Å². The van der Waals surface area contributed by atoms with Gasteiger partial charge in [-0.25, -0.2) is 13.4 Å². The van der Waals surface area contributed by atoms with Crippen molar-refractivity contribution < 1.29 is 13.2 Å². The molecule has 0 aromatic heterocycles. The van der Waals surface area contributed by atoms with Gasteiger partial charge in [0.25, 0.3) is 0 Å². The predicted molar refractivity (Wildman–Crippen MR) is 90.6 cm³/mol. The molecule has 0 aliphatic heterocycles. The Morgan fingerprint density at radius 3 is 2.38 bits per heavy atom. The third-order valence-electron chi connectivity index (χ3n) is 2.22. The minimum atomic E-state index is -3.38. The van der Waals surface area contributed by atoms with Crippen LogP contribution in [0.2, 0.25) is 5.02 Å². The van der Waals surface area contributed by atoms with Crippen LogP contribution in [-0.2, 0) is 14.6 Å². The van der Waals surface area contributed by atoms with Gasteiger partial charge in [-0.05, 0) is 31.5 Å². The van der Waals surface area contributed by atoms with Crippen LogP contribution in [0, 0.1) is 0 Å². The lowest BCUT2D eigenvalue weighted by Crippen LogP contribution is -1.99. The number of halogens is 1. The van der Waals surface area contributed by atoms with Crippen LogP contribution in [0.4, 0.5) is 0 Å². The molecule has 0 atom stereocenters. The normalized spacial score (nSPS) is 12.4. The zero-order valence-electron chi connectivity index (χ0n) is 11.9. The Bertz CT molecular complexity index is 668. The molecule has 8 heteroatoms. The summed E-state index contributed by atoms with van der Waals surface area (Å²) in [4.78, 5) is 13.3. The van der Waals surface area contributed by atoms with Crippen LogP contribution >= 0.6 is 24.2 Å². The van der Waals surface area contributed by atoms with E-state index in [-0.39, 0.29) is 9.92 Å². The van der Waals surface area contributed by atoms with E-state index in [1.165, 1.54) is 19.1 Å². The largest absolute Gasteiger partial charge is 0.390 e. The highest BCUT2D eigenvalue weighted by Crippen LogP contribution is 2.29. The van der Waals surface area contributed by atoms with Gasteiger partial charge in [0.1, 0.15) is 6.29 Å². The number of carbonyl (C=O) groups is 1. The zero-order valence-corrected chi connectivity index (χ0v) is 14.3. The van der Waals surface area contributed by atoms with Gasteiger partial charge in [-0.3, -0.25) is 0 Å². The average molecular weight is 349 g/mol. The summed E-state index contributed by atoms with van der Waals surface area (Å²) in [6.45, 7) is 3.17. The maximum Gasteiger partial charge on any atom is 0.177 e. The molecule has 0 aliphatic carbocycles. The zero-order chi connectivity index (χ0) is 16.6. The maximum absolute atomic E-state index is 11.5. The van der Waals surface area contributed by atoms with Crippen LogP contribution in [-0.4, -0.2) is 27.3 Å². The van der Waals surface area contributed by atoms with Gasteiger partial charge < -0.3 is 10.5 Å². The molecule has 0 spiro atoms. The summed E-state index contributed by atoms with van der Waals surface area (Å²) in [6, 6.07) is 4.66. The third-order valence-corrected chi connectivity index (χ3v) is 4.38. The van der Waals surface area contributed by atoms with Gasteiger partial charge in [0.2, 0.25) is 0 Å². The SMILES string of the molecule is C/C(N=CN)=C(/S)c1ccc(Cl)c(S(C)(=O)=O)c1.CC=O. The molecule has 5 nitrogen and oxygen atoms in total. The number of carbonyl (C=O) groups excluding carboxylic acids is 1. The Morgan fingerprint density at radius 2 is 1.95 bits per heavy atom. The quantitative estimate of drug-likeness (QED) is 0.380. The number of sulfone groups is 1. The summed E-state index contributed by atoms with van der Waals surface area (Å²) in [5.41, 5.74) is 6.39. The molecule has 1 rings (SSSR count). The maximum atomic E-state index is 11.5. The summed E-state index contributed by atoms with van der Waals surface area (Å²) in [6.07, 6.45) is 3.00. The van der Waals surface area contributed by atoms with Crippen molar-refractivity contribution in [2.75, 3.05) is 6.26 Å². The predicted octanol–water partition coefficient (Wildman–Crippen LogP) is 2.55. The van der Waals surface area contributed by atoms with Gasteiger partial charge in [-0.2, -0.15) is 0 Å². The van der Waals surface area contributed by atoms with Crippen molar-refractivity contribution in [3.63, 3.8) is 0 Å². The van der Waals surface area contributed by atoms with Crippen molar-refractivity contribution in [2.24, 2.45) is 10.7 Å². The number of allylic oxidation sites excluding steroid dienone is 1. The first kappa shape index (κ1) is 19.7. The molecule has 1 aromatic carbocycles. The molecule has 0 amide bonds. The van der Waals surface area contributed by atoms with Crippen LogP contribution in [0.25, 0.3) is 4.91 Å². The molecule has 0 bridgehead atoms. The smallest absolute Gasteiger partial charge is 0.177 e. The fraction of sp³-hybridized carbons (Fsp3) is 0.231. The summed E-state index contributed by atoms with van der Waals surface area (Å²) >= 11 is 10.2. The summed E-state index contributed by atoms with van der Waals surface area (Å²) in [7, 11) is -3.38. The molecular weight excluding hydrogens is 332 g/mol. The number of thiol groups is 1. The highest BCUT2D eigenvalue weighted by Gasteiger charge is 2.14. The Kier molecular flexibility index (Phi) is 8.31. The number of aliphatic imine (C=N–C) groups is 1. The van der Waals surface area contributed by atoms with E-state index in [0.29, 0.717) is 16.2 Å².